The molecule has 0 saturated carbocycles. The van der Waals surface area contributed by atoms with Crippen molar-refractivity contribution in [2.24, 2.45) is 0 Å². The molecule has 1 aromatic carbocycles. The van der Waals surface area contributed by atoms with Crippen molar-refractivity contribution in [1.82, 2.24) is 0 Å². The number of rotatable bonds is 4. The first-order valence-corrected chi connectivity index (χ1v) is 7.51. The van der Waals surface area contributed by atoms with E-state index >= 15 is 0 Å². The minimum Gasteiger partial charge on any atom is -0.481 e. The maximum Gasteiger partial charge on any atom is 0.305 e. The van der Waals surface area contributed by atoms with Gasteiger partial charge in [-0.05, 0) is 5.56 Å². The van der Waals surface area contributed by atoms with Crippen molar-refractivity contribution in [2.75, 3.05) is 0 Å². The summed E-state index contributed by atoms with van der Waals surface area (Å²) in [4.78, 5) is 20.1. The molecule has 1 rings (SSSR count). The number of esters is 1. The zero-order chi connectivity index (χ0) is 17.1. The largest absolute Gasteiger partial charge is 0.481 e. The highest BCUT2D eigenvalue weighted by Crippen LogP contribution is 2.00. The Hall–Kier alpha value is -1.84. The van der Waals surface area contributed by atoms with E-state index in [-0.39, 0.29) is 12.4 Å². The topological polar surface area (TPSA) is 63.6 Å². The molecule has 0 aromatic heterocycles. The number of carboxylic acid groups (broad SMARTS) is 1. The van der Waals surface area contributed by atoms with E-state index in [1.807, 2.05) is 58.0 Å². The standard InChI is InChI=1S/C10H12O2.C3H6O2.2C2H6/c1-2-10(11)12-8-9-6-4-3-5-7-9;1-2-3(4)5;2*1-2/h3-7H,2,8H2,1H3;2H2,1H3,(H,4,5);2*1-2H3. The number of carbonyl (C=O) groups is 2. The second-order valence-electron chi connectivity index (χ2n) is 3.25. The van der Waals surface area contributed by atoms with E-state index in [2.05, 4.69) is 0 Å². The molecule has 0 unspecified atom stereocenters. The van der Waals surface area contributed by atoms with Gasteiger partial charge in [0.15, 0.2) is 0 Å². The van der Waals surface area contributed by atoms with E-state index in [0.717, 1.165) is 5.56 Å². The quantitative estimate of drug-likeness (QED) is 0.820. The van der Waals surface area contributed by atoms with Crippen LogP contribution >= 0.6 is 0 Å². The smallest absolute Gasteiger partial charge is 0.305 e. The second kappa shape index (κ2) is 20.5. The van der Waals surface area contributed by atoms with Gasteiger partial charge in [-0.25, -0.2) is 0 Å². The lowest BCUT2D eigenvalue weighted by atomic mass is 10.2. The molecule has 1 aromatic rings. The lowest BCUT2D eigenvalue weighted by Gasteiger charge is -2.01. The van der Waals surface area contributed by atoms with Crippen LogP contribution in [0.25, 0.3) is 0 Å². The molecule has 4 nitrogen and oxygen atoms in total. The fraction of sp³-hybridized carbons (Fsp3) is 0.529. The van der Waals surface area contributed by atoms with Crippen molar-refractivity contribution in [2.45, 2.75) is 61.0 Å². The minimum atomic E-state index is -0.745. The molecule has 0 bridgehead atoms. The van der Waals surface area contributed by atoms with Crippen LogP contribution in [-0.2, 0) is 20.9 Å². The maximum atomic E-state index is 10.8. The van der Waals surface area contributed by atoms with E-state index in [9.17, 15) is 9.59 Å². The van der Waals surface area contributed by atoms with Gasteiger partial charge in [-0.2, -0.15) is 0 Å². The van der Waals surface area contributed by atoms with Gasteiger partial charge >= 0.3 is 11.9 Å². The monoisotopic (exact) mass is 298 g/mol. The van der Waals surface area contributed by atoms with Gasteiger partial charge in [0.05, 0.1) is 0 Å². The van der Waals surface area contributed by atoms with Gasteiger partial charge in [0.2, 0.25) is 0 Å². The highest BCUT2D eigenvalue weighted by atomic mass is 16.5. The van der Waals surface area contributed by atoms with Gasteiger partial charge in [-0.15, -0.1) is 0 Å². The van der Waals surface area contributed by atoms with E-state index in [1.54, 1.807) is 13.8 Å². The third kappa shape index (κ3) is 20.6. The highest BCUT2D eigenvalue weighted by molar-refractivity contribution is 5.68. The fourth-order valence-corrected chi connectivity index (χ4v) is 0.840. The summed E-state index contributed by atoms with van der Waals surface area (Å²) < 4.78 is 4.94. The average Bonchev–Trinajstić information content (AvgIpc) is 2.57. The molecular formula is C17H30O4. The van der Waals surface area contributed by atoms with Crippen LogP contribution in [0.5, 0.6) is 0 Å². The zero-order valence-corrected chi connectivity index (χ0v) is 14.2. The molecule has 0 fully saturated rings. The van der Waals surface area contributed by atoms with Crippen LogP contribution in [0.2, 0.25) is 0 Å². The summed E-state index contributed by atoms with van der Waals surface area (Å²) in [5.41, 5.74) is 1.03. The maximum absolute atomic E-state index is 10.8. The van der Waals surface area contributed by atoms with E-state index in [4.69, 9.17) is 9.84 Å². The van der Waals surface area contributed by atoms with Crippen molar-refractivity contribution in [3.63, 3.8) is 0 Å². The number of carboxylic acids is 1. The normalized spacial score (nSPS) is 7.71. The molecule has 0 radical (unpaired) electrons. The van der Waals surface area contributed by atoms with E-state index in [1.165, 1.54) is 0 Å². The molecule has 0 amide bonds. The fourth-order valence-electron chi connectivity index (χ4n) is 0.840. The molecule has 1 N–H and O–H groups in total. The predicted octanol–water partition coefficient (Wildman–Crippen LogP) is 4.67. The average molecular weight is 298 g/mol. The van der Waals surface area contributed by atoms with Crippen molar-refractivity contribution in [1.29, 1.82) is 0 Å². The van der Waals surface area contributed by atoms with E-state index in [0.29, 0.717) is 13.0 Å². The Kier molecular flexibility index (Phi) is 23.6. The number of ether oxygens (including phenoxy) is 1. The Balaban J connectivity index is -0.000000304. The van der Waals surface area contributed by atoms with Gasteiger partial charge < -0.3 is 9.84 Å². The summed E-state index contributed by atoms with van der Waals surface area (Å²) >= 11 is 0. The second-order valence-corrected chi connectivity index (χ2v) is 3.25. The first kappa shape index (κ1) is 24.2. The predicted molar refractivity (Wildman–Crippen MR) is 87.2 cm³/mol. The van der Waals surface area contributed by atoms with Gasteiger partial charge in [-0.1, -0.05) is 71.9 Å². The Morgan fingerprint density at radius 2 is 1.38 bits per heavy atom. The molecule has 0 spiro atoms. The van der Waals surface area contributed by atoms with Crippen LogP contribution in [-0.4, -0.2) is 17.0 Å². The summed E-state index contributed by atoms with van der Waals surface area (Å²) in [6.07, 6.45) is 0.660. The first-order valence-electron chi connectivity index (χ1n) is 7.51. The molecule has 0 atom stereocenters. The highest BCUT2D eigenvalue weighted by Gasteiger charge is 1.97. The van der Waals surface area contributed by atoms with Crippen LogP contribution in [0.15, 0.2) is 30.3 Å². The third-order valence-corrected chi connectivity index (χ3v) is 1.83. The molecule has 122 valence electrons. The van der Waals surface area contributed by atoms with Gasteiger partial charge in [0.1, 0.15) is 6.61 Å². The summed E-state index contributed by atoms with van der Waals surface area (Å²) in [6, 6.07) is 9.65. The zero-order valence-electron chi connectivity index (χ0n) is 14.2. The van der Waals surface area contributed by atoms with Gasteiger partial charge in [-0.3, -0.25) is 9.59 Å². The van der Waals surface area contributed by atoms with Crippen LogP contribution in [0.4, 0.5) is 0 Å². The Morgan fingerprint density at radius 1 is 0.952 bits per heavy atom. The molecule has 0 heterocycles. The van der Waals surface area contributed by atoms with Crippen LogP contribution in [0.3, 0.4) is 0 Å². The van der Waals surface area contributed by atoms with Crippen LogP contribution in [0, 0.1) is 0 Å². The Labute approximate surface area is 129 Å². The number of hydrogen-bond acceptors (Lipinski definition) is 3. The molecule has 0 saturated heterocycles. The lowest BCUT2D eigenvalue weighted by molar-refractivity contribution is -0.144. The van der Waals surface area contributed by atoms with Gasteiger partial charge in [0.25, 0.3) is 0 Å². The van der Waals surface area contributed by atoms with Crippen LogP contribution < -0.4 is 0 Å². The van der Waals surface area contributed by atoms with Crippen LogP contribution in [0.1, 0.15) is 59.9 Å². The number of aliphatic carboxylic acids is 1. The van der Waals surface area contributed by atoms with Crippen molar-refractivity contribution < 1.29 is 19.4 Å². The van der Waals surface area contributed by atoms with Gasteiger partial charge in [0, 0.05) is 12.8 Å². The first-order chi connectivity index (χ1) is 10.1. The van der Waals surface area contributed by atoms with E-state index < -0.39 is 5.97 Å². The Morgan fingerprint density at radius 3 is 1.71 bits per heavy atom. The molecule has 0 aliphatic heterocycles. The summed E-state index contributed by atoms with van der Waals surface area (Å²) in [5, 5.41) is 7.72. The number of benzene rings is 1. The molecule has 0 aliphatic carbocycles. The molecule has 21 heavy (non-hydrogen) atoms. The van der Waals surface area contributed by atoms with Crippen molar-refractivity contribution >= 4 is 11.9 Å². The summed E-state index contributed by atoms with van der Waals surface area (Å²) in [7, 11) is 0. The van der Waals surface area contributed by atoms with Crippen molar-refractivity contribution in [3.8, 4) is 0 Å². The van der Waals surface area contributed by atoms with Crippen molar-refractivity contribution in [3.05, 3.63) is 35.9 Å². The Bertz CT molecular complexity index is 334. The summed E-state index contributed by atoms with van der Waals surface area (Å²) in [5.74, 6) is -0.899. The summed E-state index contributed by atoms with van der Waals surface area (Å²) in [6.45, 7) is 11.8. The SMILES string of the molecule is CC.CC.CCC(=O)O.CCC(=O)OCc1ccccc1. The minimum absolute atomic E-state index is 0.154. The third-order valence-electron chi connectivity index (χ3n) is 1.83. The molecule has 4 heteroatoms. The molecular weight excluding hydrogens is 268 g/mol. The number of carbonyl (C=O) groups excluding carboxylic acids is 1. The number of hydrogen-bond donors (Lipinski definition) is 1. The lowest BCUT2D eigenvalue weighted by Crippen LogP contribution is -2.01. The molecule has 0 aliphatic rings.